The summed E-state index contributed by atoms with van der Waals surface area (Å²) >= 11 is 5.98. The van der Waals surface area contributed by atoms with Crippen LogP contribution in [0.3, 0.4) is 0 Å². The summed E-state index contributed by atoms with van der Waals surface area (Å²) in [5, 5.41) is 0. The fourth-order valence-electron chi connectivity index (χ4n) is 2.52. The Kier molecular flexibility index (Phi) is 5.06. The van der Waals surface area contributed by atoms with Crippen LogP contribution in [0.5, 0.6) is 0 Å². The molecule has 0 aromatic carbocycles. The third kappa shape index (κ3) is 3.61. The van der Waals surface area contributed by atoms with E-state index >= 15 is 0 Å². The molecule has 0 radical (unpaired) electrons. The van der Waals surface area contributed by atoms with Crippen LogP contribution in [0.1, 0.15) is 32.0 Å². The summed E-state index contributed by atoms with van der Waals surface area (Å²) < 4.78 is 0. The second-order valence-electron chi connectivity index (χ2n) is 5.43. The number of piperazine rings is 1. The Morgan fingerprint density at radius 2 is 1.89 bits per heavy atom. The molecule has 19 heavy (non-hydrogen) atoms. The fourth-order valence-corrected chi connectivity index (χ4v) is 2.68. The van der Waals surface area contributed by atoms with Crippen LogP contribution in [0, 0.1) is 0 Å². The largest absolute Gasteiger partial charge is 0.354 e. The van der Waals surface area contributed by atoms with E-state index in [1.807, 2.05) is 0 Å². The van der Waals surface area contributed by atoms with Crippen LogP contribution in [-0.4, -0.2) is 42.1 Å². The van der Waals surface area contributed by atoms with Gasteiger partial charge in [-0.3, -0.25) is 4.90 Å². The van der Waals surface area contributed by atoms with Gasteiger partial charge in [0.05, 0.1) is 0 Å². The van der Waals surface area contributed by atoms with E-state index in [9.17, 15) is 0 Å². The van der Waals surface area contributed by atoms with Crippen molar-refractivity contribution in [2.45, 2.75) is 39.1 Å². The number of rotatable bonds is 4. The average molecular weight is 282 g/mol. The first kappa shape index (κ1) is 14.6. The first-order valence-corrected chi connectivity index (χ1v) is 7.72. The lowest BCUT2D eigenvalue weighted by molar-refractivity contribution is 0.209. The van der Waals surface area contributed by atoms with Crippen molar-refractivity contribution < 1.29 is 0 Å². The predicted octanol–water partition coefficient (Wildman–Crippen LogP) is 2.91. The molecule has 0 unspecified atom stereocenters. The van der Waals surface area contributed by atoms with Gasteiger partial charge in [-0.2, -0.15) is 0 Å². The van der Waals surface area contributed by atoms with Crippen molar-refractivity contribution >= 4 is 17.4 Å². The summed E-state index contributed by atoms with van der Waals surface area (Å²) in [5.74, 6) is 1.66. The predicted molar refractivity (Wildman–Crippen MR) is 82.1 cm³/mol. The van der Waals surface area contributed by atoms with Crippen molar-refractivity contribution in [1.29, 1.82) is 0 Å². The second kappa shape index (κ2) is 6.58. The van der Waals surface area contributed by atoms with Gasteiger partial charge >= 0.3 is 0 Å². The van der Waals surface area contributed by atoms with Crippen LogP contribution < -0.4 is 4.90 Å². The van der Waals surface area contributed by atoms with Gasteiger partial charge in [0.15, 0.2) is 0 Å². The van der Waals surface area contributed by atoms with Crippen LogP contribution in [0.15, 0.2) is 12.1 Å². The van der Waals surface area contributed by atoms with Crippen molar-refractivity contribution in [2.24, 2.45) is 0 Å². The molecule has 3 nitrogen and oxygen atoms in total. The Labute approximate surface area is 121 Å². The van der Waals surface area contributed by atoms with Gasteiger partial charge in [-0.25, -0.2) is 4.98 Å². The highest BCUT2D eigenvalue weighted by Gasteiger charge is 2.20. The van der Waals surface area contributed by atoms with E-state index in [1.54, 1.807) is 0 Å². The molecule has 1 aromatic rings. The molecule has 2 heterocycles. The molecule has 0 spiro atoms. The summed E-state index contributed by atoms with van der Waals surface area (Å²) in [6.45, 7) is 11.0. The molecule has 0 amide bonds. The maximum atomic E-state index is 5.98. The van der Waals surface area contributed by atoms with Crippen LogP contribution in [0.25, 0.3) is 0 Å². The lowest BCUT2D eigenvalue weighted by atomic mass is 10.2. The van der Waals surface area contributed by atoms with Crippen molar-refractivity contribution in [3.8, 4) is 0 Å². The molecular weight excluding hydrogens is 258 g/mol. The molecule has 2 rings (SSSR count). The van der Waals surface area contributed by atoms with Crippen LogP contribution in [0.2, 0.25) is 0 Å². The third-order valence-electron chi connectivity index (χ3n) is 3.81. The molecule has 0 aliphatic carbocycles. The van der Waals surface area contributed by atoms with E-state index in [0.717, 1.165) is 44.1 Å². The molecule has 0 saturated carbocycles. The smallest absolute Gasteiger partial charge is 0.129 e. The maximum Gasteiger partial charge on any atom is 0.129 e. The van der Waals surface area contributed by atoms with Crippen molar-refractivity contribution in [2.75, 3.05) is 31.1 Å². The van der Waals surface area contributed by atoms with Crippen LogP contribution in [-0.2, 0) is 12.3 Å². The Morgan fingerprint density at radius 1 is 1.21 bits per heavy atom. The van der Waals surface area contributed by atoms with Crippen LogP contribution in [0.4, 0.5) is 5.82 Å². The molecule has 1 aromatic heterocycles. The van der Waals surface area contributed by atoms with E-state index in [2.05, 4.69) is 42.7 Å². The van der Waals surface area contributed by atoms with Gasteiger partial charge in [-0.15, -0.1) is 11.6 Å². The zero-order chi connectivity index (χ0) is 13.8. The SMILES string of the molecule is CCc1cc(CCl)cc(N2CCN(C(C)C)CC2)n1. The lowest BCUT2D eigenvalue weighted by Crippen LogP contribution is -2.49. The van der Waals surface area contributed by atoms with Gasteiger partial charge < -0.3 is 4.90 Å². The normalized spacial score (nSPS) is 17.2. The monoisotopic (exact) mass is 281 g/mol. The topological polar surface area (TPSA) is 19.4 Å². The summed E-state index contributed by atoms with van der Waals surface area (Å²) in [7, 11) is 0. The van der Waals surface area contributed by atoms with Crippen molar-refractivity contribution in [1.82, 2.24) is 9.88 Å². The summed E-state index contributed by atoms with van der Waals surface area (Å²) in [5.41, 5.74) is 2.31. The highest BCUT2D eigenvalue weighted by Crippen LogP contribution is 2.19. The van der Waals surface area contributed by atoms with E-state index in [1.165, 1.54) is 5.56 Å². The Morgan fingerprint density at radius 3 is 2.42 bits per heavy atom. The lowest BCUT2D eigenvalue weighted by Gasteiger charge is -2.37. The molecule has 1 aliphatic heterocycles. The summed E-state index contributed by atoms with van der Waals surface area (Å²) in [6, 6.07) is 4.88. The Balaban J connectivity index is 2.10. The van der Waals surface area contributed by atoms with Gasteiger partial charge in [0.25, 0.3) is 0 Å². The Bertz CT molecular complexity index is 390. The first-order valence-electron chi connectivity index (χ1n) is 7.18. The van der Waals surface area contributed by atoms with Gasteiger partial charge in [0.1, 0.15) is 5.82 Å². The number of hydrogen-bond acceptors (Lipinski definition) is 3. The molecule has 0 N–H and O–H groups in total. The molecule has 1 fully saturated rings. The molecular formula is C15H24ClN3. The minimum absolute atomic E-state index is 0.564. The number of hydrogen-bond donors (Lipinski definition) is 0. The number of anilines is 1. The average Bonchev–Trinajstić information content (AvgIpc) is 2.46. The molecule has 1 aliphatic rings. The minimum Gasteiger partial charge on any atom is -0.354 e. The number of alkyl halides is 1. The van der Waals surface area contributed by atoms with Crippen molar-refractivity contribution in [3.63, 3.8) is 0 Å². The van der Waals surface area contributed by atoms with E-state index < -0.39 is 0 Å². The van der Waals surface area contributed by atoms with Gasteiger partial charge in [-0.1, -0.05) is 6.92 Å². The number of pyridine rings is 1. The molecule has 4 heteroatoms. The van der Waals surface area contributed by atoms with Gasteiger partial charge in [0.2, 0.25) is 0 Å². The minimum atomic E-state index is 0.564. The number of aryl methyl sites for hydroxylation is 1. The molecule has 0 atom stereocenters. The second-order valence-corrected chi connectivity index (χ2v) is 5.70. The summed E-state index contributed by atoms with van der Waals surface area (Å²) in [4.78, 5) is 9.64. The van der Waals surface area contributed by atoms with E-state index in [-0.39, 0.29) is 0 Å². The highest BCUT2D eigenvalue weighted by molar-refractivity contribution is 6.17. The quantitative estimate of drug-likeness (QED) is 0.791. The highest BCUT2D eigenvalue weighted by atomic mass is 35.5. The van der Waals surface area contributed by atoms with E-state index in [0.29, 0.717) is 11.9 Å². The first-order chi connectivity index (χ1) is 9.13. The number of halogens is 1. The third-order valence-corrected chi connectivity index (χ3v) is 4.12. The fraction of sp³-hybridized carbons (Fsp3) is 0.667. The van der Waals surface area contributed by atoms with Gasteiger partial charge in [0, 0.05) is 43.8 Å². The van der Waals surface area contributed by atoms with Gasteiger partial charge in [-0.05, 0) is 38.0 Å². The summed E-state index contributed by atoms with van der Waals surface area (Å²) in [6.07, 6.45) is 0.962. The molecule has 0 bridgehead atoms. The Hall–Kier alpha value is -0.800. The van der Waals surface area contributed by atoms with Crippen LogP contribution >= 0.6 is 11.6 Å². The zero-order valence-electron chi connectivity index (χ0n) is 12.2. The number of nitrogens with zero attached hydrogens (tertiary/aromatic N) is 3. The zero-order valence-corrected chi connectivity index (χ0v) is 13.0. The maximum absolute atomic E-state index is 5.98. The molecule has 1 saturated heterocycles. The van der Waals surface area contributed by atoms with E-state index in [4.69, 9.17) is 16.6 Å². The standard InChI is InChI=1S/C15H24ClN3/c1-4-14-9-13(11-16)10-15(17-14)19-7-5-18(6-8-19)12(2)3/h9-10,12H,4-8,11H2,1-3H3. The molecule has 106 valence electrons. The van der Waals surface area contributed by atoms with Crippen molar-refractivity contribution in [3.05, 3.63) is 23.4 Å². The number of aromatic nitrogens is 1.